The van der Waals surface area contributed by atoms with Crippen molar-refractivity contribution >= 4 is 38.2 Å². The second-order valence-electron chi connectivity index (χ2n) is 7.00. The number of rotatable bonds is 2. The van der Waals surface area contributed by atoms with Crippen LogP contribution in [0.4, 0.5) is 0 Å². The number of fused-ring (bicyclic) bond motifs is 2. The van der Waals surface area contributed by atoms with Crippen LogP contribution in [0.3, 0.4) is 0 Å². The Kier molecular flexibility index (Phi) is 3.98. The molecule has 0 spiro atoms. The van der Waals surface area contributed by atoms with Gasteiger partial charge in [0.05, 0.1) is 21.6 Å². The Hall–Kier alpha value is -3.06. The SMILES string of the molecule is Cn1nc(C(=O)N2CCCC2c2nc3ccccc3s2)c2ccccc2c1=O. The van der Waals surface area contributed by atoms with Gasteiger partial charge in [0.25, 0.3) is 11.5 Å². The maximum atomic E-state index is 13.4. The normalized spacial score (nSPS) is 16.9. The van der Waals surface area contributed by atoms with E-state index in [2.05, 4.69) is 11.2 Å². The predicted molar refractivity (Wildman–Crippen MR) is 110 cm³/mol. The summed E-state index contributed by atoms with van der Waals surface area (Å²) < 4.78 is 2.38. The molecule has 0 saturated carbocycles. The third-order valence-electron chi connectivity index (χ3n) is 5.27. The topological polar surface area (TPSA) is 68.1 Å². The molecule has 1 amide bonds. The van der Waals surface area contributed by atoms with E-state index in [0.717, 1.165) is 28.1 Å². The number of hydrogen-bond acceptors (Lipinski definition) is 5. The van der Waals surface area contributed by atoms with Crippen LogP contribution in [-0.4, -0.2) is 32.1 Å². The van der Waals surface area contributed by atoms with Gasteiger partial charge in [0.1, 0.15) is 5.01 Å². The molecule has 5 rings (SSSR count). The van der Waals surface area contributed by atoms with Gasteiger partial charge >= 0.3 is 0 Å². The predicted octanol–water partition coefficient (Wildman–Crippen LogP) is 3.52. The standard InChI is InChI=1S/C21H18N4O2S/c1-24-20(26)14-8-3-2-7-13(14)18(23-24)21(27)25-12-6-10-16(25)19-22-15-9-4-5-11-17(15)28-19/h2-5,7-9,11,16H,6,10,12H2,1H3. The van der Waals surface area contributed by atoms with Crippen LogP contribution in [0.5, 0.6) is 0 Å². The summed E-state index contributed by atoms with van der Waals surface area (Å²) >= 11 is 1.64. The summed E-state index contributed by atoms with van der Waals surface area (Å²) in [6.45, 7) is 0.665. The third-order valence-corrected chi connectivity index (χ3v) is 6.41. The van der Waals surface area contributed by atoms with Crippen LogP contribution in [-0.2, 0) is 7.05 Å². The zero-order valence-corrected chi connectivity index (χ0v) is 16.1. The van der Waals surface area contributed by atoms with Crippen LogP contribution < -0.4 is 5.56 Å². The number of amides is 1. The molecule has 1 unspecified atom stereocenters. The van der Waals surface area contributed by atoms with Crippen LogP contribution in [0, 0.1) is 0 Å². The molecule has 7 heteroatoms. The smallest absolute Gasteiger partial charge is 0.275 e. The first-order valence-corrected chi connectivity index (χ1v) is 10.1. The van der Waals surface area contributed by atoms with E-state index < -0.39 is 0 Å². The van der Waals surface area contributed by atoms with Gasteiger partial charge in [-0.1, -0.05) is 30.3 Å². The highest BCUT2D eigenvalue weighted by molar-refractivity contribution is 7.18. The Labute approximate surface area is 165 Å². The number of thiazole rings is 1. The van der Waals surface area contributed by atoms with E-state index in [9.17, 15) is 9.59 Å². The second kappa shape index (κ2) is 6.53. The lowest BCUT2D eigenvalue weighted by Crippen LogP contribution is -2.33. The number of aromatic nitrogens is 3. The molecule has 0 N–H and O–H groups in total. The highest BCUT2D eigenvalue weighted by Crippen LogP contribution is 2.37. The number of carbonyl (C=O) groups is 1. The van der Waals surface area contributed by atoms with Crippen molar-refractivity contribution in [2.75, 3.05) is 6.54 Å². The fourth-order valence-corrected chi connectivity index (χ4v) is 5.01. The van der Waals surface area contributed by atoms with E-state index >= 15 is 0 Å². The lowest BCUT2D eigenvalue weighted by atomic mass is 10.1. The van der Waals surface area contributed by atoms with Crippen LogP contribution in [0.15, 0.2) is 53.3 Å². The fourth-order valence-electron chi connectivity index (χ4n) is 3.89. The van der Waals surface area contributed by atoms with Crippen LogP contribution in [0.1, 0.15) is 34.4 Å². The molecule has 140 valence electrons. The third kappa shape index (κ3) is 2.62. The van der Waals surface area contributed by atoms with Crippen molar-refractivity contribution in [2.24, 2.45) is 7.05 Å². The molecule has 2 aromatic carbocycles. The quantitative estimate of drug-likeness (QED) is 0.525. The molecule has 4 aromatic rings. The Morgan fingerprint density at radius 3 is 2.68 bits per heavy atom. The maximum Gasteiger partial charge on any atom is 0.275 e. The molecule has 1 aliphatic heterocycles. The molecule has 6 nitrogen and oxygen atoms in total. The Balaban J connectivity index is 1.59. The second-order valence-corrected chi connectivity index (χ2v) is 8.06. The Morgan fingerprint density at radius 1 is 1.11 bits per heavy atom. The van der Waals surface area contributed by atoms with E-state index in [4.69, 9.17) is 4.98 Å². The molecule has 28 heavy (non-hydrogen) atoms. The summed E-state index contributed by atoms with van der Waals surface area (Å²) in [6.07, 6.45) is 1.81. The zero-order valence-electron chi connectivity index (χ0n) is 15.3. The first kappa shape index (κ1) is 17.1. The maximum absolute atomic E-state index is 13.4. The Bertz CT molecular complexity index is 1240. The van der Waals surface area contributed by atoms with Crippen molar-refractivity contribution in [3.8, 4) is 0 Å². The fraction of sp³-hybridized carbons (Fsp3) is 0.238. The van der Waals surface area contributed by atoms with Crippen molar-refractivity contribution in [3.63, 3.8) is 0 Å². The molecule has 1 fully saturated rings. The minimum atomic E-state index is -0.198. The van der Waals surface area contributed by atoms with Gasteiger partial charge in [-0.3, -0.25) is 9.59 Å². The van der Waals surface area contributed by atoms with Gasteiger partial charge in [0, 0.05) is 19.0 Å². The lowest BCUT2D eigenvalue weighted by Gasteiger charge is -2.23. The van der Waals surface area contributed by atoms with Gasteiger partial charge in [0.2, 0.25) is 0 Å². The van der Waals surface area contributed by atoms with Gasteiger partial charge < -0.3 is 4.90 Å². The monoisotopic (exact) mass is 390 g/mol. The van der Waals surface area contributed by atoms with E-state index in [0.29, 0.717) is 23.0 Å². The summed E-state index contributed by atoms with van der Waals surface area (Å²) in [5.74, 6) is -0.145. The van der Waals surface area contributed by atoms with Crippen LogP contribution in [0.25, 0.3) is 21.0 Å². The number of benzene rings is 2. The average Bonchev–Trinajstić information content (AvgIpc) is 3.36. The highest BCUT2D eigenvalue weighted by Gasteiger charge is 2.34. The molecular formula is C21H18N4O2S. The molecule has 1 atom stereocenters. The van der Waals surface area contributed by atoms with Crippen molar-refractivity contribution in [2.45, 2.75) is 18.9 Å². The first-order chi connectivity index (χ1) is 13.6. The highest BCUT2D eigenvalue weighted by atomic mass is 32.1. The van der Waals surface area contributed by atoms with E-state index in [1.54, 1.807) is 36.6 Å². The number of para-hydroxylation sites is 1. The summed E-state index contributed by atoms with van der Waals surface area (Å²) in [6, 6.07) is 15.1. The molecular weight excluding hydrogens is 372 g/mol. The van der Waals surface area contributed by atoms with E-state index in [1.165, 1.54) is 4.68 Å². The van der Waals surface area contributed by atoms with Crippen LogP contribution >= 0.6 is 11.3 Å². The first-order valence-electron chi connectivity index (χ1n) is 9.26. The van der Waals surface area contributed by atoms with Crippen molar-refractivity contribution < 1.29 is 4.79 Å². The number of carbonyl (C=O) groups excluding carboxylic acids is 1. The minimum absolute atomic E-state index is 0.0531. The molecule has 1 aliphatic rings. The van der Waals surface area contributed by atoms with Crippen molar-refractivity contribution in [3.05, 3.63) is 69.6 Å². The van der Waals surface area contributed by atoms with Gasteiger partial charge in [-0.25, -0.2) is 9.67 Å². The summed E-state index contributed by atoms with van der Waals surface area (Å²) in [5.41, 5.74) is 1.09. The molecule has 3 heterocycles. The average molecular weight is 390 g/mol. The summed E-state index contributed by atoms with van der Waals surface area (Å²) in [7, 11) is 1.58. The van der Waals surface area contributed by atoms with E-state index in [1.807, 2.05) is 29.2 Å². The summed E-state index contributed by atoms with van der Waals surface area (Å²) in [5, 5.41) is 6.39. The number of nitrogens with zero attached hydrogens (tertiary/aromatic N) is 4. The zero-order chi connectivity index (χ0) is 19.3. The van der Waals surface area contributed by atoms with Crippen LogP contribution in [0.2, 0.25) is 0 Å². The number of likely N-dealkylation sites (tertiary alicyclic amines) is 1. The molecule has 0 bridgehead atoms. The number of hydrogen-bond donors (Lipinski definition) is 0. The van der Waals surface area contributed by atoms with Crippen molar-refractivity contribution in [1.82, 2.24) is 19.7 Å². The molecule has 1 saturated heterocycles. The number of aryl methyl sites for hydroxylation is 1. The van der Waals surface area contributed by atoms with Gasteiger partial charge in [0.15, 0.2) is 5.69 Å². The largest absolute Gasteiger partial charge is 0.328 e. The van der Waals surface area contributed by atoms with E-state index in [-0.39, 0.29) is 17.5 Å². The Morgan fingerprint density at radius 2 is 1.86 bits per heavy atom. The molecule has 0 aliphatic carbocycles. The minimum Gasteiger partial charge on any atom is -0.328 e. The molecule has 0 radical (unpaired) electrons. The van der Waals surface area contributed by atoms with Gasteiger partial charge in [-0.2, -0.15) is 5.10 Å². The van der Waals surface area contributed by atoms with Gasteiger partial charge in [-0.05, 0) is 31.0 Å². The van der Waals surface area contributed by atoms with Crippen molar-refractivity contribution in [1.29, 1.82) is 0 Å². The lowest BCUT2D eigenvalue weighted by molar-refractivity contribution is 0.0729. The van der Waals surface area contributed by atoms with Gasteiger partial charge in [-0.15, -0.1) is 11.3 Å². The molecule has 2 aromatic heterocycles. The summed E-state index contributed by atoms with van der Waals surface area (Å²) in [4.78, 5) is 32.4.